The summed E-state index contributed by atoms with van der Waals surface area (Å²) in [6.45, 7) is 3.84. The van der Waals surface area contributed by atoms with Gasteiger partial charge in [-0.05, 0) is 41.0 Å². The molecular formula is C19H14N2O4. The van der Waals surface area contributed by atoms with Crippen LogP contribution in [0, 0.1) is 20.2 Å². The molecule has 0 aliphatic rings. The Morgan fingerprint density at radius 1 is 0.800 bits per heavy atom. The van der Waals surface area contributed by atoms with Crippen LogP contribution in [0.1, 0.15) is 25.3 Å². The minimum Gasteiger partial charge on any atom is -0.258 e. The van der Waals surface area contributed by atoms with Crippen molar-refractivity contribution in [1.29, 1.82) is 0 Å². The van der Waals surface area contributed by atoms with Crippen molar-refractivity contribution in [2.45, 2.75) is 19.8 Å². The predicted octanol–water partition coefficient (Wildman–Crippen LogP) is 5.52. The molecule has 0 N–H and O–H groups in total. The molecule has 0 unspecified atom stereocenters. The molecule has 0 spiro atoms. The number of nitrogens with zero attached hydrogens (tertiary/aromatic N) is 2. The number of hydrogen-bond acceptors (Lipinski definition) is 4. The fourth-order valence-electron chi connectivity index (χ4n) is 3.67. The Bertz CT molecular complexity index is 1180. The Hall–Kier alpha value is -3.28. The molecule has 0 saturated carbocycles. The lowest BCUT2D eigenvalue weighted by atomic mass is 9.88. The molecule has 6 heteroatoms. The number of benzene rings is 4. The Morgan fingerprint density at radius 3 is 2.04 bits per heavy atom. The molecule has 0 saturated heterocycles. The molecule has 0 radical (unpaired) electrons. The second-order valence-electron chi connectivity index (χ2n) is 6.49. The number of rotatable bonds is 3. The van der Waals surface area contributed by atoms with E-state index in [1.54, 1.807) is 18.2 Å². The monoisotopic (exact) mass is 334 g/mol. The average Bonchev–Trinajstić information content (AvgIpc) is 2.57. The zero-order valence-electron chi connectivity index (χ0n) is 13.6. The first-order valence-corrected chi connectivity index (χ1v) is 7.93. The summed E-state index contributed by atoms with van der Waals surface area (Å²) in [7, 11) is 0. The third kappa shape index (κ3) is 2.04. The first kappa shape index (κ1) is 15.3. The molecule has 25 heavy (non-hydrogen) atoms. The van der Waals surface area contributed by atoms with Crippen molar-refractivity contribution < 1.29 is 9.85 Å². The third-order valence-electron chi connectivity index (χ3n) is 4.76. The summed E-state index contributed by atoms with van der Waals surface area (Å²) in [6.07, 6.45) is 0. The van der Waals surface area contributed by atoms with E-state index < -0.39 is 4.92 Å². The third-order valence-corrected chi connectivity index (χ3v) is 4.76. The van der Waals surface area contributed by atoms with Crippen molar-refractivity contribution in [3.05, 3.63) is 68.3 Å². The maximum Gasteiger partial charge on any atom is 0.280 e. The van der Waals surface area contributed by atoms with E-state index in [-0.39, 0.29) is 22.2 Å². The lowest BCUT2D eigenvalue weighted by molar-refractivity contribution is -0.383. The van der Waals surface area contributed by atoms with Crippen molar-refractivity contribution in [3.63, 3.8) is 0 Å². The van der Waals surface area contributed by atoms with E-state index in [2.05, 4.69) is 0 Å². The maximum atomic E-state index is 11.7. The van der Waals surface area contributed by atoms with E-state index in [0.29, 0.717) is 21.7 Å². The van der Waals surface area contributed by atoms with Crippen LogP contribution in [0.2, 0.25) is 0 Å². The summed E-state index contributed by atoms with van der Waals surface area (Å²) in [5.41, 5.74) is 0.770. The van der Waals surface area contributed by atoms with Gasteiger partial charge >= 0.3 is 0 Å². The van der Waals surface area contributed by atoms with Crippen LogP contribution in [0.25, 0.3) is 32.3 Å². The molecule has 4 aromatic rings. The lowest BCUT2D eigenvalue weighted by Gasteiger charge is -2.15. The Balaban J connectivity index is 2.31. The second kappa shape index (κ2) is 5.11. The van der Waals surface area contributed by atoms with Crippen LogP contribution in [0.15, 0.2) is 42.5 Å². The molecule has 0 heterocycles. The standard InChI is InChI=1S/C19H14N2O4/c1-10(2)15-9-12-4-3-11-5-8-16(20(22)23)13-6-7-14(18(12)17(11)13)19(15)21(24)25/h3-10H,1-2H3. The van der Waals surface area contributed by atoms with E-state index in [0.717, 1.165) is 16.2 Å². The van der Waals surface area contributed by atoms with Gasteiger partial charge in [-0.25, -0.2) is 0 Å². The first-order valence-electron chi connectivity index (χ1n) is 7.93. The number of nitro benzene ring substituents is 2. The van der Waals surface area contributed by atoms with Gasteiger partial charge < -0.3 is 0 Å². The highest BCUT2D eigenvalue weighted by Gasteiger charge is 2.25. The SMILES string of the molecule is CC(C)c1cc2ccc3ccc([N+](=O)[O-])c4ccc(c1[N+](=O)[O-])c2c34. The molecule has 4 aromatic carbocycles. The van der Waals surface area contributed by atoms with Crippen LogP contribution >= 0.6 is 0 Å². The number of non-ortho nitro benzene ring substituents is 1. The van der Waals surface area contributed by atoms with Gasteiger partial charge in [-0.3, -0.25) is 20.2 Å². The second-order valence-corrected chi connectivity index (χ2v) is 6.49. The molecule has 0 bridgehead atoms. The smallest absolute Gasteiger partial charge is 0.258 e. The zero-order valence-corrected chi connectivity index (χ0v) is 13.6. The molecule has 124 valence electrons. The van der Waals surface area contributed by atoms with Crippen LogP contribution in [0.3, 0.4) is 0 Å². The highest BCUT2D eigenvalue weighted by atomic mass is 16.6. The molecule has 4 rings (SSSR count). The van der Waals surface area contributed by atoms with Crippen molar-refractivity contribution in [3.8, 4) is 0 Å². The minimum atomic E-state index is -0.417. The number of nitro groups is 2. The molecule has 0 atom stereocenters. The van der Waals surface area contributed by atoms with Gasteiger partial charge in [0.25, 0.3) is 11.4 Å². The molecule has 0 aliphatic heterocycles. The topological polar surface area (TPSA) is 86.3 Å². The van der Waals surface area contributed by atoms with E-state index in [4.69, 9.17) is 0 Å². The highest BCUT2D eigenvalue weighted by Crippen LogP contribution is 2.44. The average molecular weight is 334 g/mol. The van der Waals surface area contributed by atoms with Gasteiger partial charge in [-0.1, -0.05) is 26.0 Å². The normalized spacial score (nSPS) is 11.8. The van der Waals surface area contributed by atoms with Crippen LogP contribution in [-0.4, -0.2) is 9.85 Å². The summed E-state index contributed by atoms with van der Waals surface area (Å²) < 4.78 is 0. The molecular weight excluding hydrogens is 320 g/mol. The zero-order chi connectivity index (χ0) is 17.9. The van der Waals surface area contributed by atoms with Crippen molar-refractivity contribution in [1.82, 2.24) is 0 Å². The van der Waals surface area contributed by atoms with Gasteiger partial charge in [0.15, 0.2) is 0 Å². The van der Waals surface area contributed by atoms with Crippen LogP contribution in [0.5, 0.6) is 0 Å². The van der Waals surface area contributed by atoms with E-state index in [1.807, 2.05) is 32.0 Å². The van der Waals surface area contributed by atoms with Gasteiger partial charge in [0.1, 0.15) is 0 Å². The largest absolute Gasteiger partial charge is 0.280 e. The predicted molar refractivity (Wildman–Crippen MR) is 97.5 cm³/mol. The highest BCUT2D eigenvalue weighted by molar-refractivity contribution is 6.26. The molecule has 0 aliphatic carbocycles. The Morgan fingerprint density at radius 2 is 1.40 bits per heavy atom. The van der Waals surface area contributed by atoms with Crippen LogP contribution < -0.4 is 0 Å². The van der Waals surface area contributed by atoms with Crippen molar-refractivity contribution in [2.75, 3.05) is 0 Å². The summed E-state index contributed by atoms with van der Waals surface area (Å²) in [6, 6.07) is 12.1. The van der Waals surface area contributed by atoms with E-state index >= 15 is 0 Å². The van der Waals surface area contributed by atoms with Gasteiger partial charge in [0, 0.05) is 22.4 Å². The summed E-state index contributed by atoms with van der Waals surface area (Å²) in [5.74, 6) is -0.00310. The Kier molecular flexibility index (Phi) is 3.12. The first-order chi connectivity index (χ1) is 11.9. The van der Waals surface area contributed by atoms with Gasteiger partial charge in [0.2, 0.25) is 0 Å². The quantitative estimate of drug-likeness (QED) is 0.280. The van der Waals surface area contributed by atoms with E-state index in [9.17, 15) is 20.2 Å². The summed E-state index contributed by atoms with van der Waals surface area (Å²) >= 11 is 0. The van der Waals surface area contributed by atoms with E-state index in [1.165, 1.54) is 6.07 Å². The molecule has 6 nitrogen and oxygen atoms in total. The fourth-order valence-corrected chi connectivity index (χ4v) is 3.67. The lowest BCUT2D eigenvalue weighted by Crippen LogP contribution is -2.00. The summed E-state index contributed by atoms with van der Waals surface area (Å²) in [5, 5.41) is 27.3. The molecule has 0 amide bonds. The van der Waals surface area contributed by atoms with Gasteiger partial charge in [-0.15, -0.1) is 0 Å². The molecule has 0 fully saturated rings. The number of hydrogen-bond donors (Lipinski definition) is 0. The van der Waals surface area contributed by atoms with Crippen molar-refractivity contribution >= 4 is 43.7 Å². The minimum absolute atomic E-state index is 0.00310. The van der Waals surface area contributed by atoms with Crippen molar-refractivity contribution in [2.24, 2.45) is 0 Å². The Labute approximate surface area is 142 Å². The summed E-state index contributed by atoms with van der Waals surface area (Å²) in [4.78, 5) is 22.3. The van der Waals surface area contributed by atoms with Gasteiger partial charge in [0.05, 0.1) is 20.6 Å². The fraction of sp³-hybridized carbons (Fsp3) is 0.158. The maximum absolute atomic E-state index is 11.7. The van der Waals surface area contributed by atoms with Crippen LogP contribution in [-0.2, 0) is 0 Å². The van der Waals surface area contributed by atoms with Gasteiger partial charge in [-0.2, -0.15) is 0 Å². The molecule has 0 aromatic heterocycles. The van der Waals surface area contributed by atoms with Crippen LogP contribution in [0.4, 0.5) is 11.4 Å².